The van der Waals surface area contributed by atoms with E-state index in [1.165, 1.54) is 42.6 Å². The van der Waals surface area contributed by atoms with Gasteiger partial charge in [0.15, 0.2) is 5.78 Å². The number of aliphatic hydroxyl groups is 1. The monoisotopic (exact) mass is 380 g/mol. The molecule has 1 atom stereocenters. The number of ketones is 1. The van der Waals surface area contributed by atoms with Crippen molar-refractivity contribution < 1.29 is 19.0 Å². The molecule has 142 valence electrons. The molecule has 1 aromatic carbocycles. The SMILES string of the molecule is C[C@@]1(c2cc(CC(=O)c3ccc(C#N)cn3)ccc2F)C=C(CO)OC(N)=N1. The van der Waals surface area contributed by atoms with E-state index in [0.717, 1.165) is 0 Å². The molecule has 0 amide bonds. The van der Waals surface area contributed by atoms with E-state index in [9.17, 15) is 14.3 Å². The quantitative estimate of drug-likeness (QED) is 0.765. The topological polar surface area (TPSA) is 122 Å². The van der Waals surface area contributed by atoms with Crippen LogP contribution in [-0.4, -0.2) is 28.5 Å². The Morgan fingerprint density at radius 3 is 2.82 bits per heavy atom. The summed E-state index contributed by atoms with van der Waals surface area (Å²) in [5, 5.41) is 18.1. The van der Waals surface area contributed by atoms with Crippen LogP contribution < -0.4 is 5.73 Å². The van der Waals surface area contributed by atoms with Crippen LogP contribution in [0.5, 0.6) is 0 Å². The maximum Gasteiger partial charge on any atom is 0.288 e. The van der Waals surface area contributed by atoms with Gasteiger partial charge >= 0.3 is 0 Å². The largest absolute Gasteiger partial charge is 0.429 e. The molecule has 0 fully saturated rings. The van der Waals surface area contributed by atoms with Crippen LogP contribution in [0.25, 0.3) is 0 Å². The van der Waals surface area contributed by atoms with Crippen molar-refractivity contribution in [3.05, 3.63) is 76.6 Å². The molecule has 0 unspecified atom stereocenters. The number of aromatic nitrogens is 1. The number of carbonyl (C=O) groups excluding carboxylic acids is 1. The zero-order valence-corrected chi connectivity index (χ0v) is 15.0. The number of rotatable bonds is 5. The number of benzene rings is 1. The van der Waals surface area contributed by atoms with Crippen molar-refractivity contribution in [2.45, 2.75) is 18.9 Å². The fraction of sp³-hybridized carbons (Fsp3) is 0.200. The predicted octanol–water partition coefficient (Wildman–Crippen LogP) is 1.95. The molecule has 2 aromatic rings. The summed E-state index contributed by atoms with van der Waals surface area (Å²) in [6, 6.07) is 9.04. The highest BCUT2D eigenvalue weighted by Gasteiger charge is 2.32. The Hall–Kier alpha value is -3.57. The molecule has 0 saturated carbocycles. The average Bonchev–Trinajstić information content (AvgIpc) is 2.68. The number of aliphatic imine (C=N–C) groups is 1. The van der Waals surface area contributed by atoms with Gasteiger partial charge in [-0.3, -0.25) is 9.78 Å². The first-order valence-electron chi connectivity index (χ1n) is 8.38. The highest BCUT2D eigenvalue weighted by Crippen LogP contribution is 2.34. The van der Waals surface area contributed by atoms with Gasteiger partial charge in [0.1, 0.15) is 35.5 Å². The summed E-state index contributed by atoms with van der Waals surface area (Å²) in [7, 11) is 0. The van der Waals surface area contributed by atoms with Crippen LogP contribution >= 0.6 is 0 Å². The molecule has 0 aliphatic carbocycles. The molecule has 2 heterocycles. The third-order valence-electron chi connectivity index (χ3n) is 4.30. The van der Waals surface area contributed by atoms with Gasteiger partial charge in [-0.25, -0.2) is 9.38 Å². The number of nitriles is 1. The molecule has 7 nitrogen and oxygen atoms in total. The molecule has 28 heavy (non-hydrogen) atoms. The van der Waals surface area contributed by atoms with Gasteiger partial charge in [-0.05, 0) is 42.8 Å². The Kier molecular flexibility index (Phi) is 5.20. The van der Waals surface area contributed by atoms with Crippen LogP contribution in [0, 0.1) is 17.1 Å². The van der Waals surface area contributed by atoms with E-state index in [0.29, 0.717) is 11.1 Å². The van der Waals surface area contributed by atoms with Gasteiger partial charge < -0.3 is 15.6 Å². The van der Waals surface area contributed by atoms with Crippen molar-refractivity contribution in [2.24, 2.45) is 10.7 Å². The molecule has 1 aromatic heterocycles. The minimum Gasteiger partial charge on any atom is -0.429 e. The first-order chi connectivity index (χ1) is 13.3. The summed E-state index contributed by atoms with van der Waals surface area (Å²) in [5.74, 6) is -0.631. The van der Waals surface area contributed by atoms with Crippen LogP contribution in [0.4, 0.5) is 4.39 Å². The lowest BCUT2D eigenvalue weighted by Crippen LogP contribution is -2.31. The summed E-state index contributed by atoms with van der Waals surface area (Å²) in [4.78, 5) is 20.6. The number of amidine groups is 1. The maximum atomic E-state index is 14.5. The van der Waals surface area contributed by atoms with E-state index in [1.54, 1.807) is 6.92 Å². The summed E-state index contributed by atoms with van der Waals surface area (Å²) < 4.78 is 19.6. The number of nitrogens with two attached hydrogens (primary N) is 1. The van der Waals surface area contributed by atoms with E-state index < -0.39 is 18.0 Å². The molecule has 0 bridgehead atoms. The minimum atomic E-state index is -1.18. The van der Waals surface area contributed by atoms with Gasteiger partial charge in [0.05, 0.1) is 5.56 Å². The Morgan fingerprint density at radius 1 is 1.39 bits per heavy atom. The van der Waals surface area contributed by atoms with Gasteiger partial charge in [-0.1, -0.05) is 6.07 Å². The highest BCUT2D eigenvalue weighted by molar-refractivity contribution is 5.95. The fourth-order valence-electron chi connectivity index (χ4n) is 2.95. The van der Waals surface area contributed by atoms with Crippen molar-refractivity contribution in [1.29, 1.82) is 5.26 Å². The first-order valence-corrected chi connectivity index (χ1v) is 8.38. The average molecular weight is 380 g/mol. The number of Topliss-reactive ketones (excluding diaryl/α,β-unsaturated/α-hetero) is 1. The van der Waals surface area contributed by atoms with Crippen molar-refractivity contribution >= 4 is 11.8 Å². The van der Waals surface area contributed by atoms with Crippen LogP contribution in [0.15, 0.2) is 53.4 Å². The Morgan fingerprint density at radius 2 is 2.18 bits per heavy atom. The van der Waals surface area contributed by atoms with Crippen molar-refractivity contribution in [1.82, 2.24) is 4.98 Å². The van der Waals surface area contributed by atoms with Gasteiger partial charge in [0, 0.05) is 18.2 Å². The lowest BCUT2D eigenvalue weighted by molar-refractivity contribution is 0.0988. The zero-order valence-electron chi connectivity index (χ0n) is 15.0. The fourth-order valence-corrected chi connectivity index (χ4v) is 2.95. The number of nitrogens with zero attached hydrogens (tertiary/aromatic N) is 3. The van der Waals surface area contributed by atoms with Crippen molar-refractivity contribution in [3.8, 4) is 6.07 Å². The lowest BCUT2D eigenvalue weighted by Gasteiger charge is -2.28. The van der Waals surface area contributed by atoms with Crippen LogP contribution in [0.3, 0.4) is 0 Å². The molecule has 1 aliphatic rings. The van der Waals surface area contributed by atoms with E-state index >= 15 is 0 Å². The van der Waals surface area contributed by atoms with Crippen LogP contribution in [0.1, 0.15) is 34.1 Å². The van der Waals surface area contributed by atoms with E-state index in [4.69, 9.17) is 15.7 Å². The van der Waals surface area contributed by atoms with Crippen molar-refractivity contribution in [3.63, 3.8) is 0 Å². The summed E-state index contributed by atoms with van der Waals surface area (Å²) in [6.07, 6.45) is 2.80. The smallest absolute Gasteiger partial charge is 0.288 e. The molecule has 1 aliphatic heterocycles. The number of carbonyl (C=O) groups is 1. The van der Waals surface area contributed by atoms with Gasteiger partial charge in [0.2, 0.25) is 0 Å². The number of hydrogen-bond donors (Lipinski definition) is 2. The third-order valence-corrected chi connectivity index (χ3v) is 4.30. The van der Waals surface area contributed by atoms with E-state index in [1.807, 2.05) is 6.07 Å². The van der Waals surface area contributed by atoms with E-state index in [2.05, 4.69) is 9.98 Å². The summed E-state index contributed by atoms with van der Waals surface area (Å²) in [5.41, 5.74) is 5.80. The number of ether oxygens (including phenoxy) is 1. The molecule has 3 N–H and O–H groups in total. The highest BCUT2D eigenvalue weighted by atomic mass is 19.1. The number of aliphatic hydroxyl groups excluding tert-OH is 1. The summed E-state index contributed by atoms with van der Waals surface area (Å²) >= 11 is 0. The molecule has 0 spiro atoms. The number of pyridine rings is 1. The summed E-state index contributed by atoms with van der Waals surface area (Å²) in [6.45, 7) is 1.22. The Balaban J connectivity index is 1.91. The molecule has 0 saturated heterocycles. The number of halogens is 1. The van der Waals surface area contributed by atoms with Crippen molar-refractivity contribution in [2.75, 3.05) is 6.61 Å². The molecular formula is C20H17FN4O3. The van der Waals surface area contributed by atoms with Crippen LogP contribution in [0.2, 0.25) is 0 Å². The Bertz CT molecular complexity index is 1020. The second-order valence-corrected chi connectivity index (χ2v) is 6.43. The third kappa shape index (κ3) is 3.89. The Labute approximate surface area is 160 Å². The lowest BCUT2D eigenvalue weighted by atomic mass is 9.88. The number of hydrogen-bond acceptors (Lipinski definition) is 7. The van der Waals surface area contributed by atoms with E-state index in [-0.39, 0.29) is 35.2 Å². The second-order valence-electron chi connectivity index (χ2n) is 6.43. The second kappa shape index (κ2) is 7.58. The van der Waals surface area contributed by atoms with Gasteiger partial charge in [0.25, 0.3) is 6.02 Å². The molecular weight excluding hydrogens is 363 g/mol. The van der Waals surface area contributed by atoms with Gasteiger partial charge in [-0.15, -0.1) is 0 Å². The predicted molar refractivity (Wildman–Crippen MR) is 98.6 cm³/mol. The molecule has 0 radical (unpaired) electrons. The minimum absolute atomic E-state index is 0.00543. The maximum absolute atomic E-state index is 14.5. The zero-order chi connectivity index (χ0) is 20.3. The first kappa shape index (κ1) is 19.2. The normalized spacial score (nSPS) is 18.5. The van der Waals surface area contributed by atoms with Gasteiger partial charge in [-0.2, -0.15) is 5.26 Å². The molecule has 8 heteroatoms. The standard InChI is InChI=1S/C20H17FN4O3/c1-20(8-14(11-26)28-19(23)25-20)15-6-12(2-4-16(15)21)7-18(27)17-5-3-13(9-22)10-24-17/h2-6,8,10,26H,7,11H2,1H3,(H2,23,25)/t20-/m0/s1. The molecule has 3 rings (SSSR count). The van der Waals surface area contributed by atoms with Crippen LogP contribution in [-0.2, 0) is 16.7 Å².